The van der Waals surface area contributed by atoms with Gasteiger partial charge in [0.2, 0.25) is 0 Å². The van der Waals surface area contributed by atoms with Crippen molar-refractivity contribution in [2.45, 2.75) is 45.4 Å². The number of aliphatic carboxylic acids is 1. The summed E-state index contributed by atoms with van der Waals surface area (Å²) in [5.74, 6) is -0.689. The number of hydrogen-bond acceptors (Lipinski definition) is 1. The lowest BCUT2D eigenvalue weighted by Crippen LogP contribution is -2.31. The van der Waals surface area contributed by atoms with Gasteiger partial charge >= 0.3 is 5.97 Å². The number of rotatable bonds is 2. The van der Waals surface area contributed by atoms with Gasteiger partial charge in [0, 0.05) is 5.57 Å². The lowest BCUT2D eigenvalue weighted by Gasteiger charge is -2.42. The van der Waals surface area contributed by atoms with Crippen molar-refractivity contribution in [3.05, 3.63) is 23.8 Å². The molecule has 0 aromatic carbocycles. The molecule has 0 aliphatic heterocycles. The summed E-state index contributed by atoms with van der Waals surface area (Å²) in [7, 11) is 0. The predicted octanol–water partition coefficient (Wildman–Crippen LogP) is 3.54. The molecule has 1 fully saturated rings. The zero-order valence-corrected chi connectivity index (χ0v) is 9.96. The molecule has 0 heterocycles. The summed E-state index contributed by atoms with van der Waals surface area (Å²) in [6, 6.07) is 0. The van der Waals surface area contributed by atoms with Crippen LogP contribution >= 0.6 is 0 Å². The molecule has 1 saturated carbocycles. The summed E-state index contributed by atoms with van der Waals surface area (Å²) in [4.78, 5) is 10.9. The Hall–Kier alpha value is -1.05. The third kappa shape index (κ3) is 1.93. The monoisotopic (exact) mass is 220 g/mol. The summed E-state index contributed by atoms with van der Waals surface area (Å²) in [5, 5.41) is 8.99. The number of fused-ring (bicyclic) bond motifs is 1. The number of hydrogen-bond donors (Lipinski definition) is 1. The maximum absolute atomic E-state index is 10.9. The van der Waals surface area contributed by atoms with E-state index in [1.54, 1.807) is 5.57 Å². The van der Waals surface area contributed by atoms with Crippen LogP contribution in [0, 0.1) is 11.3 Å². The van der Waals surface area contributed by atoms with Gasteiger partial charge in [-0.1, -0.05) is 31.6 Å². The summed E-state index contributed by atoms with van der Waals surface area (Å²) < 4.78 is 0. The molecule has 0 amide bonds. The Morgan fingerprint density at radius 3 is 3.00 bits per heavy atom. The molecule has 2 aliphatic carbocycles. The average Bonchev–Trinajstić information content (AvgIpc) is 2.26. The van der Waals surface area contributed by atoms with Crippen molar-refractivity contribution in [2.75, 3.05) is 0 Å². The number of carboxylic acid groups (broad SMARTS) is 1. The minimum Gasteiger partial charge on any atom is -0.478 e. The molecule has 2 heteroatoms. The normalized spacial score (nSPS) is 33.8. The van der Waals surface area contributed by atoms with Crippen LogP contribution in [0.5, 0.6) is 0 Å². The first kappa shape index (κ1) is 11.4. The number of allylic oxidation sites excluding steroid dienone is 2. The van der Waals surface area contributed by atoms with E-state index in [2.05, 4.69) is 19.6 Å². The fraction of sp³-hybridized carbons (Fsp3) is 0.643. The van der Waals surface area contributed by atoms with Gasteiger partial charge in [-0.05, 0) is 43.4 Å². The lowest BCUT2D eigenvalue weighted by atomic mass is 9.62. The maximum Gasteiger partial charge on any atom is 0.331 e. The highest BCUT2D eigenvalue weighted by atomic mass is 16.4. The van der Waals surface area contributed by atoms with Crippen molar-refractivity contribution >= 4 is 5.97 Å². The molecule has 0 radical (unpaired) electrons. The van der Waals surface area contributed by atoms with E-state index in [9.17, 15) is 4.79 Å². The van der Waals surface area contributed by atoms with Crippen LogP contribution < -0.4 is 0 Å². The van der Waals surface area contributed by atoms with Crippen LogP contribution in [-0.2, 0) is 4.79 Å². The van der Waals surface area contributed by atoms with Crippen molar-refractivity contribution in [1.29, 1.82) is 0 Å². The molecule has 88 valence electrons. The fourth-order valence-corrected chi connectivity index (χ4v) is 3.23. The molecular formula is C14H20O2. The molecule has 2 aliphatic rings. The second kappa shape index (κ2) is 4.08. The van der Waals surface area contributed by atoms with Gasteiger partial charge in [0.15, 0.2) is 0 Å². The standard InChI is InChI=1S/C14H20O2/c1-10(13(15)16)11-6-7-12-5-3-4-8-14(12,2)9-11/h7,11H,1,3-6,8-9H2,2H3,(H,15,16)/t11-,14+/m1/s1. The first-order valence-electron chi connectivity index (χ1n) is 6.14. The second-order valence-corrected chi connectivity index (χ2v) is 5.46. The Labute approximate surface area is 97.0 Å². The Balaban J connectivity index is 2.17. The third-order valence-corrected chi connectivity index (χ3v) is 4.31. The molecule has 2 atom stereocenters. The van der Waals surface area contributed by atoms with Crippen molar-refractivity contribution in [3.63, 3.8) is 0 Å². The highest BCUT2D eigenvalue weighted by Crippen LogP contribution is 2.49. The predicted molar refractivity (Wildman–Crippen MR) is 64.2 cm³/mol. The molecule has 0 saturated heterocycles. The van der Waals surface area contributed by atoms with E-state index in [4.69, 9.17) is 5.11 Å². The van der Waals surface area contributed by atoms with E-state index < -0.39 is 5.97 Å². The van der Waals surface area contributed by atoms with Gasteiger partial charge in [-0.2, -0.15) is 0 Å². The fourth-order valence-electron chi connectivity index (χ4n) is 3.23. The van der Waals surface area contributed by atoms with Gasteiger partial charge in [0.1, 0.15) is 0 Å². The van der Waals surface area contributed by atoms with Gasteiger partial charge < -0.3 is 5.11 Å². The molecule has 0 unspecified atom stereocenters. The van der Waals surface area contributed by atoms with Gasteiger partial charge in [-0.25, -0.2) is 4.79 Å². The smallest absolute Gasteiger partial charge is 0.331 e. The highest BCUT2D eigenvalue weighted by molar-refractivity contribution is 5.86. The molecule has 1 N–H and O–H groups in total. The van der Waals surface area contributed by atoms with Crippen molar-refractivity contribution in [2.24, 2.45) is 11.3 Å². The number of carboxylic acids is 1. The highest BCUT2D eigenvalue weighted by Gasteiger charge is 2.38. The average molecular weight is 220 g/mol. The zero-order valence-electron chi connectivity index (χ0n) is 9.96. The zero-order chi connectivity index (χ0) is 11.8. The van der Waals surface area contributed by atoms with E-state index >= 15 is 0 Å². The Kier molecular flexibility index (Phi) is 2.92. The summed E-state index contributed by atoms with van der Waals surface area (Å²) in [6.07, 6.45) is 9.12. The van der Waals surface area contributed by atoms with Crippen LogP contribution in [-0.4, -0.2) is 11.1 Å². The molecule has 2 rings (SSSR count). The molecule has 2 nitrogen and oxygen atoms in total. The van der Waals surface area contributed by atoms with Gasteiger partial charge in [0.25, 0.3) is 0 Å². The second-order valence-electron chi connectivity index (χ2n) is 5.46. The first-order valence-corrected chi connectivity index (χ1v) is 6.14. The molecular weight excluding hydrogens is 200 g/mol. The number of carbonyl (C=O) groups is 1. The van der Waals surface area contributed by atoms with Crippen LogP contribution in [0.2, 0.25) is 0 Å². The topological polar surface area (TPSA) is 37.3 Å². The van der Waals surface area contributed by atoms with E-state index in [0.717, 1.165) is 12.8 Å². The minimum absolute atomic E-state index is 0.143. The third-order valence-electron chi connectivity index (χ3n) is 4.31. The van der Waals surface area contributed by atoms with Crippen LogP contribution in [0.4, 0.5) is 0 Å². The quantitative estimate of drug-likeness (QED) is 0.571. The van der Waals surface area contributed by atoms with Crippen LogP contribution in [0.3, 0.4) is 0 Å². The Morgan fingerprint density at radius 1 is 1.56 bits per heavy atom. The van der Waals surface area contributed by atoms with Crippen molar-refractivity contribution < 1.29 is 9.90 Å². The van der Waals surface area contributed by atoms with E-state index in [-0.39, 0.29) is 11.3 Å². The molecule has 0 bridgehead atoms. The van der Waals surface area contributed by atoms with Gasteiger partial charge in [-0.3, -0.25) is 0 Å². The Bertz CT molecular complexity index is 354. The Morgan fingerprint density at radius 2 is 2.31 bits per heavy atom. The summed E-state index contributed by atoms with van der Waals surface area (Å²) >= 11 is 0. The van der Waals surface area contributed by atoms with Crippen LogP contribution in [0.1, 0.15) is 45.4 Å². The minimum atomic E-state index is -0.832. The summed E-state index contributed by atoms with van der Waals surface area (Å²) in [5.41, 5.74) is 2.20. The maximum atomic E-state index is 10.9. The van der Waals surface area contributed by atoms with E-state index in [1.165, 1.54) is 25.7 Å². The van der Waals surface area contributed by atoms with Gasteiger partial charge in [0.05, 0.1) is 0 Å². The molecule has 16 heavy (non-hydrogen) atoms. The molecule has 0 spiro atoms. The largest absolute Gasteiger partial charge is 0.478 e. The SMILES string of the molecule is C=C(C(=O)O)[C@@H]1CC=C2CCCC[C@@]2(C)C1. The summed E-state index contributed by atoms with van der Waals surface area (Å²) in [6.45, 7) is 6.01. The van der Waals surface area contributed by atoms with Gasteiger partial charge in [-0.15, -0.1) is 0 Å². The molecule has 0 aromatic heterocycles. The van der Waals surface area contributed by atoms with Crippen molar-refractivity contribution in [3.8, 4) is 0 Å². The van der Waals surface area contributed by atoms with E-state index in [0.29, 0.717) is 5.57 Å². The lowest BCUT2D eigenvalue weighted by molar-refractivity contribution is -0.133. The van der Waals surface area contributed by atoms with Crippen LogP contribution in [0.25, 0.3) is 0 Å². The first-order chi connectivity index (χ1) is 7.53. The van der Waals surface area contributed by atoms with E-state index in [1.807, 2.05) is 0 Å². The molecule has 0 aromatic rings. The van der Waals surface area contributed by atoms with Crippen LogP contribution in [0.15, 0.2) is 23.8 Å². The van der Waals surface area contributed by atoms with Crippen molar-refractivity contribution in [1.82, 2.24) is 0 Å².